The predicted molar refractivity (Wildman–Crippen MR) is 54.0 cm³/mol. The van der Waals surface area contributed by atoms with Gasteiger partial charge in [0.15, 0.2) is 5.82 Å². The van der Waals surface area contributed by atoms with E-state index in [1.54, 1.807) is 6.20 Å². The third kappa shape index (κ3) is 1.59. The predicted octanol–water partition coefficient (Wildman–Crippen LogP) is 2.04. The Balaban J connectivity index is 2.13. The van der Waals surface area contributed by atoms with E-state index in [0.717, 1.165) is 12.8 Å². The van der Waals surface area contributed by atoms with Crippen molar-refractivity contribution in [1.29, 1.82) is 0 Å². The molecule has 0 radical (unpaired) electrons. The molecule has 1 saturated carbocycles. The molecule has 2 atom stereocenters. The van der Waals surface area contributed by atoms with Crippen LogP contribution in [0, 0.1) is 11.8 Å². The molecule has 1 heterocycles. The molecule has 1 aromatic rings. The number of hydrogen-bond donors (Lipinski definition) is 0. The topological polar surface area (TPSA) is 34.9 Å². The average molecular weight is 192 g/mol. The second-order valence-corrected chi connectivity index (χ2v) is 4.34. The highest BCUT2D eigenvalue weighted by molar-refractivity contribution is 5.94. The Bertz CT molecular complexity index is 343. The molecule has 76 valence electrons. The van der Waals surface area contributed by atoms with Gasteiger partial charge in [-0.25, -0.2) is 4.98 Å². The summed E-state index contributed by atoms with van der Waals surface area (Å²) in [5, 5.41) is 0. The number of ketones is 1. The van der Waals surface area contributed by atoms with Crippen LogP contribution in [0.15, 0.2) is 12.4 Å². The lowest BCUT2D eigenvalue weighted by atomic mass is 10.0. The van der Waals surface area contributed by atoms with Crippen molar-refractivity contribution >= 4 is 5.78 Å². The van der Waals surface area contributed by atoms with Crippen LogP contribution in [0.5, 0.6) is 0 Å². The highest BCUT2D eigenvalue weighted by Gasteiger charge is 2.29. The first kappa shape index (κ1) is 9.44. The monoisotopic (exact) mass is 192 g/mol. The molecule has 0 amide bonds. The molecule has 0 bridgehead atoms. The van der Waals surface area contributed by atoms with Crippen LogP contribution in [0.3, 0.4) is 0 Å². The van der Waals surface area contributed by atoms with Crippen molar-refractivity contribution in [2.24, 2.45) is 18.9 Å². The molecule has 3 heteroatoms. The molecule has 1 aliphatic rings. The Morgan fingerprint density at radius 3 is 2.86 bits per heavy atom. The van der Waals surface area contributed by atoms with Gasteiger partial charge in [0, 0.05) is 25.4 Å². The first-order valence-electron chi connectivity index (χ1n) is 5.20. The van der Waals surface area contributed by atoms with Gasteiger partial charge in [-0.15, -0.1) is 0 Å². The molecule has 1 aromatic heterocycles. The molecule has 14 heavy (non-hydrogen) atoms. The number of hydrogen-bond acceptors (Lipinski definition) is 2. The van der Waals surface area contributed by atoms with Crippen molar-refractivity contribution in [3.63, 3.8) is 0 Å². The van der Waals surface area contributed by atoms with Gasteiger partial charge in [-0.05, 0) is 25.2 Å². The SMILES string of the molecule is CC1CCC(C(=O)c2nccn2C)C1. The quantitative estimate of drug-likeness (QED) is 0.672. The number of carbonyl (C=O) groups is 1. The van der Waals surface area contributed by atoms with Gasteiger partial charge in [0.05, 0.1) is 0 Å². The van der Waals surface area contributed by atoms with Gasteiger partial charge in [0.1, 0.15) is 0 Å². The van der Waals surface area contributed by atoms with E-state index in [0.29, 0.717) is 11.7 Å². The van der Waals surface area contributed by atoms with Gasteiger partial charge in [0.2, 0.25) is 5.78 Å². The molecule has 0 aliphatic heterocycles. The van der Waals surface area contributed by atoms with Crippen molar-refractivity contribution in [3.05, 3.63) is 18.2 Å². The highest BCUT2D eigenvalue weighted by Crippen LogP contribution is 2.32. The molecule has 3 nitrogen and oxygen atoms in total. The molecule has 2 unspecified atom stereocenters. The van der Waals surface area contributed by atoms with Crippen LogP contribution in [-0.4, -0.2) is 15.3 Å². The molecule has 1 aliphatic carbocycles. The lowest BCUT2D eigenvalue weighted by Gasteiger charge is -2.07. The highest BCUT2D eigenvalue weighted by atomic mass is 16.1. The maximum absolute atomic E-state index is 12.0. The van der Waals surface area contributed by atoms with Gasteiger partial charge >= 0.3 is 0 Å². The second-order valence-electron chi connectivity index (χ2n) is 4.34. The van der Waals surface area contributed by atoms with Gasteiger partial charge < -0.3 is 4.57 Å². The number of Topliss-reactive ketones (excluding diaryl/α,β-unsaturated/α-hetero) is 1. The summed E-state index contributed by atoms with van der Waals surface area (Å²) in [6.07, 6.45) is 6.76. The van der Waals surface area contributed by atoms with E-state index in [9.17, 15) is 4.79 Å². The molecule has 1 fully saturated rings. The summed E-state index contributed by atoms with van der Waals surface area (Å²) in [7, 11) is 1.87. The zero-order chi connectivity index (χ0) is 10.1. The Hall–Kier alpha value is -1.12. The fraction of sp³-hybridized carbons (Fsp3) is 0.636. The van der Waals surface area contributed by atoms with E-state index in [-0.39, 0.29) is 11.7 Å². The van der Waals surface area contributed by atoms with Crippen LogP contribution >= 0.6 is 0 Å². The summed E-state index contributed by atoms with van der Waals surface area (Å²) >= 11 is 0. The van der Waals surface area contributed by atoms with Crippen molar-refractivity contribution in [3.8, 4) is 0 Å². The summed E-state index contributed by atoms with van der Waals surface area (Å²) in [5.74, 6) is 1.75. The van der Waals surface area contributed by atoms with Gasteiger partial charge in [0.25, 0.3) is 0 Å². The molecule has 2 rings (SSSR count). The summed E-state index contributed by atoms with van der Waals surface area (Å²) < 4.78 is 1.81. The van der Waals surface area contributed by atoms with E-state index < -0.39 is 0 Å². The van der Waals surface area contributed by atoms with E-state index in [1.807, 2.05) is 17.8 Å². The first-order valence-corrected chi connectivity index (χ1v) is 5.20. The smallest absolute Gasteiger partial charge is 0.201 e. The second kappa shape index (κ2) is 3.56. The van der Waals surface area contributed by atoms with Crippen LogP contribution in [0.2, 0.25) is 0 Å². The van der Waals surface area contributed by atoms with E-state index in [1.165, 1.54) is 6.42 Å². The van der Waals surface area contributed by atoms with Crippen molar-refractivity contribution < 1.29 is 4.79 Å². The summed E-state index contributed by atoms with van der Waals surface area (Å²) in [5.41, 5.74) is 0. The third-order valence-corrected chi connectivity index (χ3v) is 3.11. The third-order valence-electron chi connectivity index (χ3n) is 3.11. The van der Waals surface area contributed by atoms with Crippen LogP contribution in [0.1, 0.15) is 36.8 Å². The largest absolute Gasteiger partial charge is 0.332 e. The standard InChI is InChI=1S/C11H16N2O/c1-8-3-4-9(7-8)10(14)11-12-5-6-13(11)2/h5-6,8-9H,3-4,7H2,1-2H3. The molecular weight excluding hydrogens is 176 g/mol. The van der Waals surface area contributed by atoms with E-state index in [4.69, 9.17) is 0 Å². The Kier molecular flexibility index (Phi) is 2.40. The minimum absolute atomic E-state index is 0.214. The normalized spacial score (nSPS) is 26.7. The number of nitrogens with zero attached hydrogens (tertiary/aromatic N) is 2. The van der Waals surface area contributed by atoms with Crippen LogP contribution in [0.25, 0.3) is 0 Å². The lowest BCUT2D eigenvalue weighted by molar-refractivity contribution is 0.0906. The maximum atomic E-state index is 12.0. The van der Waals surface area contributed by atoms with Crippen LogP contribution in [-0.2, 0) is 7.05 Å². The first-order chi connectivity index (χ1) is 6.68. The Morgan fingerprint density at radius 1 is 1.57 bits per heavy atom. The van der Waals surface area contributed by atoms with Crippen molar-refractivity contribution in [2.75, 3.05) is 0 Å². The molecule has 0 aromatic carbocycles. The van der Waals surface area contributed by atoms with E-state index in [2.05, 4.69) is 11.9 Å². The van der Waals surface area contributed by atoms with Gasteiger partial charge in [-0.1, -0.05) is 6.92 Å². The van der Waals surface area contributed by atoms with Crippen molar-refractivity contribution in [2.45, 2.75) is 26.2 Å². The molecule has 0 N–H and O–H groups in total. The van der Waals surface area contributed by atoms with Crippen LogP contribution in [0.4, 0.5) is 0 Å². The summed E-state index contributed by atoms with van der Waals surface area (Å²) in [6, 6.07) is 0. The Morgan fingerprint density at radius 2 is 2.36 bits per heavy atom. The lowest BCUT2D eigenvalue weighted by Crippen LogP contribution is -2.16. The summed E-state index contributed by atoms with van der Waals surface area (Å²) in [4.78, 5) is 16.1. The number of imidazole rings is 1. The fourth-order valence-corrected chi connectivity index (χ4v) is 2.23. The van der Waals surface area contributed by atoms with Gasteiger partial charge in [-0.3, -0.25) is 4.79 Å². The zero-order valence-corrected chi connectivity index (χ0v) is 8.73. The summed E-state index contributed by atoms with van der Waals surface area (Å²) in [6.45, 7) is 2.21. The number of aromatic nitrogens is 2. The minimum Gasteiger partial charge on any atom is -0.332 e. The maximum Gasteiger partial charge on any atom is 0.201 e. The zero-order valence-electron chi connectivity index (χ0n) is 8.73. The van der Waals surface area contributed by atoms with Gasteiger partial charge in [-0.2, -0.15) is 0 Å². The number of carbonyl (C=O) groups excluding carboxylic acids is 1. The molecular formula is C11H16N2O. The molecule has 0 saturated heterocycles. The number of aryl methyl sites for hydroxylation is 1. The Labute approximate surface area is 84.1 Å². The van der Waals surface area contributed by atoms with Crippen LogP contribution < -0.4 is 0 Å². The number of rotatable bonds is 2. The minimum atomic E-state index is 0.214. The average Bonchev–Trinajstić information content (AvgIpc) is 2.73. The molecule has 0 spiro atoms. The fourth-order valence-electron chi connectivity index (χ4n) is 2.23. The van der Waals surface area contributed by atoms with E-state index >= 15 is 0 Å². The van der Waals surface area contributed by atoms with Crippen molar-refractivity contribution in [1.82, 2.24) is 9.55 Å².